The fourth-order valence-electron chi connectivity index (χ4n) is 7.01. The third-order valence-electron chi connectivity index (χ3n) is 8.47. The van der Waals surface area contributed by atoms with Crippen LogP contribution in [-0.4, -0.2) is 34.5 Å². The second-order valence-corrected chi connectivity index (χ2v) is 9.68. The van der Waals surface area contributed by atoms with Crippen LogP contribution in [-0.2, 0) is 17.8 Å². The zero-order valence-electron chi connectivity index (χ0n) is 18.0. The van der Waals surface area contributed by atoms with E-state index < -0.39 is 0 Å². The predicted molar refractivity (Wildman–Crippen MR) is 118 cm³/mol. The average molecular weight is 394 g/mol. The van der Waals surface area contributed by atoms with Crippen molar-refractivity contribution < 1.29 is 4.79 Å². The fourth-order valence-corrected chi connectivity index (χ4v) is 7.01. The summed E-state index contributed by atoms with van der Waals surface area (Å²) in [6.07, 6.45) is 10.5. The summed E-state index contributed by atoms with van der Waals surface area (Å²) in [6, 6.07) is 7.29. The number of nitrogens with zero attached hydrogens (tertiary/aromatic N) is 2. The number of amides is 1. The minimum atomic E-state index is -0.370. The largest absolute Gasteiger partial charge is 0.369 e. The third-order valence-corrected chi connectivity index (χ3v) is 8.47. The molecule has 3 aliphatic rings. The Hall–Kier alpha value is -1.81. The van der Waals surface area contributed by atoms with Gasteiger partial charge < -0.3 is 10.3 Å². The Kier molecular flexibility index (Phi) is 4.73. The second kappa shape index (κ2) is 7.16. The summed E-state index contributed by atoms with van der Waals surface area (Å²) in [7, 11) is 0. The molecule has 1 aliphatic heterocycles. The standard InChI is InChI=1S/C25H35N3O/c1-3-27-15-17-13-22-20(19-11-8-12-21(27)23(17)19)14-25(24(26)29,16-28(22)4-2)18-9-6-5-7-10-18/h8,11-12,15,18,20,22H,3-7,9-10,13-14,16H2,1-2H3,(H2,26,29)/t20-,22-,25?/m1/s1. The van der Waals surface area contributed by atoms with E-state index in [4.69, 9.17) is 5.73 Å². The molecule has 1 amide bonds. The number of aryl methyl sites for hydroxylation is 1. The Morgan fingerprint density at radius 1 is 1.17 bits per heavy atom. The monoisotopic (exact) mass is 393 g/mol. The Labute approximate surface area is 174 Å². The molecule has 2 N–H and O–H groups in total. The first-order valence-electron chi connectivity index (χ1n) is 11.7. The molecular formula is C25H35N3O. The van der Waals surface area contributed by atoms with E-state index in [1.165, 1.54) is 54.1 Å². The van der Waals surface area contributed by atoms with Crippen molar-refractivity contribution in [2.45, 2.75) is 77.3 Å². The number of benzene rings is 1. The predicted octanol–water partition coefficient (Wildman–Crippen LogP) is 4.45. The van der Waals surface area contributed by atoms with Gasteiger partial charge in [-0.3, -0.25) is 9.69 Å². The summed E-state index contributed by atoms with van der Waals surface area (Å²) < 4.78 is 2.39. The summed E-state index contributed by atoms with van der Waals surface area (Å²) in [6.45, 7) is 7.32. The van der Waals surface area contributed by atoms with Crippen molar-refractivity contribution in [3.63, 3.8) is 0 Å². The average Bonchev–Trinajstić information content (AvgIpc) is 3.12. The van der Waals surface area contributed by atoms with Crippen LogP contribution in [0.25, 0.3) is 10.9 Å². The number of aromatic nitrogens is 1. The molecule has 1 saturated heterocycles. The molecule has 5 rings (SSSR count). The van der Waals surface area contributed by atoms with Crippen LogP contribution in [0.1, 0.15) is 69.4 Å². The summed E-state index contributed by atoms with van der Waals surface area (Å²) in [5.41, 5.74) is 10.2. The molecule has 1 aromatic heterocycles. The van der Waals surface area contributed by atoms with E-state index in [-0.39, 0.29) is 11.3 Å². The topological polar surface area (TPSA) is 51.3 Å². The van der Waals surface area contributed by atoms with Crippen LogP contribution < -0.4 is 5.73 Å². The first kappa shape index (κ1) is 19.2. The van der Waals surface area contributed by atoms with Crippen molar-refractivity contribution >= 4 is 16.8 Å². The number of rotatable bonds is 4. The van der Waals surface area contributed by atoms with Crippen LogP contribution in [0, 0.1) is 11.3 Å². The number of carbonyl (C=O) groups is 1. The summed E-state index contributed by atoms with van der Waals surface area (Å²) >= 11 is 0. The van der Waals surface area contributed by atoms with E-state index in [1.54, 1.807) is 0 Å². The molecule has 0 radical (unpaired) electrons. The van der Waals surface area contributed by atoms with Crippen molar-refractivity contribution in [1.82, 2.24) is 9.47 Å². The lowest BCUT2D eigenvalue weighted by Gasteiger charge is -2.54. The van der Waals surface area contributed by atoms with Crippen molar-refractivity contribution in [3.8, 4) is 0 Å². The molecule has 2 heterocycles. The number of likely N-dealkylation sites (N-methyl/N-ethyl adjacent to an activating group) is 1. The van der Waals surface area contributed by atoms with Gasteiger partial charge in [0.05, 0.1) is 5.41 Å². The minimum Gasteiger partial charge on any atom is -0.369 e. The highest BCUT2D eigenvalue weighted by atomic mass is 16.1. The zero-order valence-corrected chi connectivity index (χ0v) is 18.0. The SMILES string of the molecule is CCN1CC(C(N)=O)(C2CCCCC2)C[C@@H]2c3cccc4c3c(cn4CC)C[C@H]21. The van der Waals surface area contributed by atoms with Crippen LogP contribution in [0.4, 0.5) is 0 Å². The lowest BCUT2D eigenvalue weighted by Crippen LogP contribution is -2.60. The Balaban J connectivity index is 1.63. The Bertz CT molecular complexity index is 926. The minimum absolute atomic E-state index is 0.0506. The van der Waals surface area contributed by atoms with Crippen molar-refractivity contribution in [3.05, 3.63) is 35.5 Å². The van der Waals surface area contributed by atoms with E-state index in [9.17, 15) is 4.79 Å². The van der Waals surface area contributed by atoms with Gasteiger partial charge in [-0.05, 0) is 62.3 Å². The van der Waals surface area contributed by atoms with Gasteiger partial charge >= 0.3 is 0 Å². The van der Waals surface area contributed by atoms with Crippen LogP contribution in [0.3, 0.4) is 0 Å². The maximum atomic E-state index is 13.0. The fraction of sp³-hybridized carbons (Fsp3) is 0.640. The number of nitrogens with two attached hydrogens (primary N) is 1. The molecule has 2 fully saturated rings. The van der Waals surface area contributed by atoms with E-state index in [0.29, 0.717) is 17.9 Å². The summed E-state index contributed by atoms with van der Waals surface area (Å²) in [5, 5.41) is 1.45. The maximum absolute atomic E-state index is 13.0. The first-order chi connectivity index (χ1) is 14.1. The van der Waals surface area contributed by atoms with Crippen molar-refractivity contribution in [2.24, 2.45) is 17.1 Å². The van der Waals surface area contributed by atoms with Crippen molar-refractivity contribution in [2.75, 3.05) is 13.1 Å². The highest BCUT2D eigenvalue weighted by Crippen LogP contribution is 2.53. The smallest absolute Gasteiger partial charge is 0.225 e. The molecule has 1 saturated carbocycles. The molecule has 0 spiro atoms. The molecule has 3 atom stereocenters. The molecule has 156 valence electrons. The molecule has 29 heavy (non-hydrogen) atoms. The van der Waals surface area contributed by atoms with Gasteiger partial charge in [-0.25, -0.2) is 0 Å². The van der Waals surface area contributed by atoms with Gasteiger partial charge in [-0.1, -0.05) is 38.3 Å². The Morgan fingerprint density at radius 2 is 1.97 bits per heavy atom. The molecule has 4 heteroatoms. The second-order valence-electron chi connectivity index (χ2n) is 9.68. The van der Waals surface area contributed by atoms with Crippen LogP contribution in [0.2, 0.25) is 0 Å². The summed E-state index contributed by atoms with van der Waals surface area (Å²) in [4.78, 5) is 15.6. The lowest BCUT2D eigenvalue weighted by molar-refractivity contribution is -0.139. The van der Waals surface area contributed by atoms with E-state index in [1.807, 2.05) is 0 Å². The van der Waals surface area contributed by atoms with Crippen LogP contribution in [0.5, 0.6) is 0 Å². The number of hydrogen-bond donors (Lipinski definition) is 1. The Morgan fingerprint density at radius 3 is 2.66 bits per heavy atom. The number of piperidine rings is 1. The number of carbonyl (C=O) groups excluding carboxylic acids is 1. The van der Waals surface area contributed by atoms with E-state index >= 15 is 0 Å². The number of hydrogen-bond acceptors (Lipinski definition) is 2. The van der Waals surface area contributed by atoms with Gasteiger partial charge in [0.25, 0.3) is 0 Å². The number of fused-ring (bicyclic) bond motifs is 2. The normalized spacial score (nSPS) is 30.4. The third kappa shape index (κ3) is 2.78. The molecule has 1 aromatic carbocycles. The van der Waals surface area contributed by atoms with Crippen LogP contribution in [0.15, 0.2) is 24.4 Å². The number of primary amides is 1. The summed E-state index contributed by atoms with van der Waals surface area (Å²) in [5.74, 6) is 0.803. The lowest BCUT2D eigenvalue weighted by atomic mass is 9.58. The van der Waals surface area contributed by atoms with E-state index in [0.717, 1.165) is 32.5 Å². The van der Waals surface area contributed by atoms with Gasteiger partial charge in [0.15, 0.2) is 0 Å². The maximum Gasteiger partial charge on any atom is 0.225 e. The zero-order chi connectivity index (χ0) is 20.2. The molecule has 0 bridgehead atoms. The van der Waals surface area contributed by atoms with Gasteiger partial charge in [0, 0.05) is 42.1 Å². The highest BCUT2D eigenvalue weighted by molar-refractivity contribution is 5.89. The molecule has 2 aromatic rings. The molecule has 1 unspecified atom stereocenters. The highest BCUT2D eigenvalue weighted by Gasteiger charge is 2.53. The molecule has 2 aliphatic carbocycles. The quantitative estimate of drug-likeness (QED) is 0.834. The number of likely N-dealkylation sites (tertiary alicyclic amines) is 1. The van der Waals surface area contributed by atoms with E-state index in [2.05, 4.69) is 47.7 Å². The first-order valence-corrected chi connectivity index (χ1v) is 11.7. The van der Waals surface area contributed by atoms with Gasteiger partial charge in [-0.15, -0.1) is 0 Å². The molecule has 4 nitrogen and oxygen atoms in total. The van der Waals surface area contributed by atoms with Gasteiger partial charge in [-0.2, -0.15) is 0 Å². The van der Waals surface area contributed by atoms with Crippen LogP contribution >= 0.6 is 0 Å². The van der Waals surface area contributed by atoms with Gasteiger partial charge in [0.2, 0.25) is 5.91 Å². The van der Waals surface area contributed by atoms with Gasteiger partial charge in [0.1, 0.15) is 0 Å². The molecular weight excluding hydrogens is 358 g/mol. The van der Waals surface area contributed by atoms with Crippen molar-refractivity contribution in [1.29, 1.82) is 0 Å².